The van der Waals surface area contributed by atoms with E-state index in [4.69, 9.17) is 15.0 Å². The van der Waals surface area contributed by atoms with Gasteiger partial charge in [-0.15, -0.1) is 0 Å². The van der Waals surface area contributed by atoms with Crippen LogP contribution >= 0.6 is 11.5 Å². The highest BCUT2D eigenvalue weighted by atomic mass is 32.1. The van der Waals surface area contributed by atoms with Gasteiger partial charge in [0.1, 0.15) is 0 Å². The molecule has 3 rings (SSSR count). The molecule has 0 amide bonds. The molecule has 1 heterocycles. The van der Waals surface area contributed by atoms with E-state index in [1.807, 2.05) is 13.8 Å². The van der Waals surface area contributed by atoms with Gasteiger partial charge in [-0.25, -0.2) is 9.98 Å². The van der Waals surface area contributed by atoms with Gasteiger partial charge in [0, 0.05) is 0 Å². The number of aliphatic imine (C=N–C) groups is 2. The lowest BCUT2D eigenvalue weighted by Gasteiger charge is -2.07. The molecule has 0 atom stereocenters. The maximum absolute atomic E-state index is 4.85. The minimum atomic E-state index is 0.663. The summed E-state index contributed by atoms with van der Waals surface area (Å²) < 4.78 is 4.53. The maximum atomic E-state index is 4.85. The monoisotopic (exact) mass is 404 g/mol. The van der Waals surface area contributed by atoms with Crippen LogP contribution in [0, 0.1) is 41.5 Å². The number of hydrogen-bond donors (Lipinski definition) is 0. The third-order valence-electron chi connectivity index (χ3n) is 4.89. The highest BCUT2D eigenvalue weighted by Gasteiger charge is 2.12. The Kier molecular flexibility index (Phi) is 6.08. The lowest BCUT2D eigenvalue weighted by atomic mass is 10.1. The van der Waals surface area contributed by atoms with Gasteiger partial charge in [0.05, 0.1) is 22.8 Å². The van der Waals surface area contributed by atoms with Crippen molar-refractivity contribution in [1.82, 2.24) is 9.36 Å². The van der Waals surface area contributed by atoms with Gasteiger partial charge in [-0.2, -0.15) is 4.37 Å². The van der Waals surface area contributed by atoms with E-state index in [9.17, 15) is 0 Å². The summed E-state index contributed by atoms with van der Waals surface area (Å²) in [7, 11) is 0. The maximum Gasteiger partial charge on any atom is 0.187 e. The first-order valence-corrected chi connectivity index (χ1v) is 10.5. The Morgan fingerprint density at radius 1 is 0.690 bits per heavy atom. The molecular formula is C24H28N4S. The van der Waals surface area contributed by atoms with E-state index in [1.54, 1.807) is 0 Å². The van der Waals surface area contributed by atoms with Crippen LogP contribution in [0.1, 0.15) is 58.1 Å². The molecule has 1 aromatic heterocycles. The molecule has 0 unspecified atom stereocenters. The Morgan fingerprint density at radius 3 is 1.55 bits per heavy atom. The van der Waals surface area contributed by atoms with Gasteiger partial charge in [0.25, 0.3) is 0 Å². The van der Waals surface area contributed by atoms with Crippen LogP contribution in [0.15, 0.2) is 34.3 Å². The Bertz CT molecular complexity index is 1000. The van der Waals surface area contributed by atoms with E-state index in [2.05, 4.69) is 70.2 Å². The molecule has 0 aliphatic heterocycles. The first kappa shape index (κ1) is 21.1. The molecule has 4 nitrogen and oxygen atoms in total. The van der Waals surface area contributed by atoms with Crippen molar-refractivity contribution in [3.8, 4) is 0 Å². The molecule has 0 spiro atoms. The van der Waals surface area contributed by atoms with E-state index in [0.29, 0.717) is 5.82 Å². The van der Waals surface area contributed by atoms with E-state index in [1.165, 1.54) is 44.9 Å². The van der Waals surface area contributed by atoms with E-state index in [-0.39, 0.29) is 0 Å². The minimum absolute atomic E-state index is 0.663. The molecular weight excluding hydrogens is 376 g/mol. The number of aryl methyl sites for hydroxylation is 6. The largest absolute Gasteiger partial charge is 0.250 e. The average Bonchev–Trinajstić information content (AvgIpc) is 3.11. The van der Waals surface area contributed by atoms with Crippen molar-refractivity contribution >= 4 is 34.3 Å². The normalized spacial score (nSPS) is 12.6. The van der Waals surface area contributed by atoms with Gasteiger partial charge in [-0.1, -0.05) is 35.4 Å². The summed E-state index contributed by atoms with van der Waals surface area (Å²) >= 11 is 1.37. The predicted octanol–water partition coefficient (Wildman–Crippen LogP) is 6.67. The highest BCUT2D eigenvalue weighted by Crippen LogP contribution is 2.27. The first-order valence-electron chi connectivity index (χ1n) is 9.76. The molecule has 0 saturated carbocycles. The molecule has 0 bridgehead atoms. The SMILES string of the molecule is CC(=Nc1c(C)cc(C)cc1C)c1nsc(C(C)=Nc2c(C)cc(C)cc2C)n1. The van der Waals surface area contributed by atoms with Crippen LogP contribution in [-0.4, -0.2) is 20.8 Å². The molecule has 2 aromatic carbocycles. The van der Waals surface area contributed by atoms with E-state index in [0.717, 1.165) is 27.8 Å². The molecule has 0 N–H and O–H groups in total. The Hall–Kier alpha value is -2.66. The number of rotatable bonds is 4. The fourth-order valence-corrected chi connectivity index (χ4v) is 4.30. The second-order valence-electron chi connectivity index (χ2n) is 7.81. The first-order chi connectivity index (χ1) is 13.7. The number of hydrogen-bond acceptors (Lipinski definition) is 5. The van der Waals surface area contributed by atoms with E-state index < -0.39 is 0 Å². The van der Waals surface area contributed by atoms with Crippen LogP contribution in [0.25, 0.3) is 0 Å². The summed E-state index contributed by atoms with van der Waals surface area (Å²) in [5.74, 6) is 0.663. The van der Waals surface area contributed by atoms with Crippen LogP contribution in [0.3, 0.4) is 0 Å². The van der Waals surface area contributed by atoms with E-state index >= 15 is 0 Å². The van der Waals surface area contributed by atoms with Crippen LogP contribution in [0.2, 0.25) is 0 Å². The smallest absolute Gasteiger partial charge is 0.187 e. The van der Waals surface area contributed by atoms with Crippen LogP contribution in [-0.2, 0) is 0 Å². The number of nitrogens with zero attached hydrogens (tertiary/aromatic N) is 4. The van der Waals surface area contributed by atoms with Crippen LogP contribution < -0.4 is 0 Å². The minimum Gasteiger partial charge on any atom is -0.250 e. The van der Waals surface area contributed by atoms with Gasteiger partial charge < -0.3 is 0 Å². The molecule has 0 fully saturated rings. The third-order valence-corrected chi connectivity index (χ3v) is 5.71. The number of aromatic nitrogens is 2. The molecule has 29 heavy (non-hydrogen) atoms. The van der Waals surface area contributed by atoms with Gasteiger partial charge in [0.15, 0.2) is 10.8 Å². The molecule has 0 aliphatic carbocycles. The summed E-state index contributed by atoms with van der Waals surface area (Å²) in [6.45, 7) is 16.5. The fraction of sp³-hybridized carbons (Fsp3) is 0.333. The molecule has 3 aromatic rings. The van der Waals surface area contributed by atoms with Gasteiger partial charge in [-0.3, -0.25) is 4.99 Å². The zero-order valence-corrected chi connectivity index (χ0v) is 19.3. The second kappa shape index (κ2) is 8.37. The average molecular weight is 405 g/mol. The van der Waals surface area contributed by atoms with Crippen molar-refractivity contribution in [2.24, 2.45) is 9.98 Å². The molecule has 150 valence electrons. The Balaban J connectivity index is 1.93. The predicted molar refractivity (Wildman–Crippen MR) is 125 cm³/mol. The second-order valence-corrected chi connectivity index (χ2v) is 8.56. The topological polar surface area (TPSA) is 50.5 Å². The van der Waals surface area contributed by atoms with Crippen molar-refractivity contribution in [1.29, 1.82) is 0 Å². The summed E-state index contributed by atoms with van der Waals surface area (Å²) in [5.41, 5.74) is 10.9. The number of benzene rings is 2. The quantitative estimate of drug-likeness (QED) is 0.456. The van der Waals surface area contributed by atoms with Crippen molar-refractivity contribution in [2.75, 3.05) is 0 Å². The summed E-state index contributed by atoms with van der Waals surface area (Å²) in [4.78, 5) is 14.4. The zero-order valence-electron chi connectivity index (χ0n) is 18.5. The van der Waals surface area contributed by atoms with Gasteiger partial charge in [-0.05, 0) is 89.2 Å². The van der Waals surface area contributed by atoms with Crippen molar-refractivity contribution in [3.05, 3.63) is 68.5 Å². The lowest BCUT2D eigenvalue weighted by molar-refractivity contribution is 1.22. The molecule has 5 heteroatoms. The standard InChI is InChI=1S/C24H28N4S/c1-13-9-15(3)21(16(4)10-13)25-19(7)23-27-24(29-28-23)20(8)26-22-17(5)11-14(2)12-18(22)6/h9-12H,1-8H3. The zero-order chi connectivity index (χ0) is 21.3. The fourth-order valence-electron chi connectivity index (χ4n) is 3.65. The Labute approximate surface area is 177 Å². The van der Waals surface area contributed by atoms with Gasteiger partial charge in [0.2, 0.25) is 0 Å². The highest BCUT2D eigenvalue weighted by molar-refractivity contribution is 7.07. The van der Waals surface area contributed by atoms with Crippen molar-refractivity contribution < 1.29 is 0 Å². The van der Waals surface area contributed by atoms with Crippen molar-refractivity contribution in [2.45, 2.75) is 55.4 Å². The summed E-state index contributed by atoms with van der Waals surface area (Å²) in [6, 6.07) is 8.63. The van der Waals surface area contributed by atoms with Crippen molar-refractivity contribution in [3.63, 3.8) is 0 Å². The molecule has 0 radical (unpaired) electrons. The van der Waals surface area contributed by atoms with Gasteiger partial charge >= 0.3 is 0 Å². The van der Waals surface area contributed by atoms with Crippen LogP contribution in [0.4, 0.5) is 11.4 Å². The Morgan fingerprint density at radius 2 is 1.10 bits per heavy atom. The summed E-state index contributed by atoms with van der Waals surface area (Å²) in [5, 5.41) is 0.825. The molecule has 0 aliphatic rings. The van der Waals surface area contributed by atoms with Crippen LogP contribution in [0.5, 0.6) is 0 Å². The third kappa shape index (κ3) is 4.67. The molecule has 0 saturated heterocycles. The summed E-state index contributed by atoms with van der Waals surface area (Å²) in [6.07, 6.45) is 0. The lowest BCUT2D eigenvalue weighted by Crippen LogP contribution is -2.00.